The second kappa shape index (κ2) is 8.05. The molecular weight excluding hydrogens is 449 g/mol. The van der Waals surface area contributed by atoms with E-state index in [0.717, 1.165) is 0 Å². The molecular formula is C17H12Cl2F2N4O3S. The predicted molar refractivity (Wildman–Crippen MR) is 101 cm³/mol. The summed E-state index contributed by atoms with van der Waals surface area (Å²) < 4.78 is 54.2. The zero-order chi connectivity index (χ0) is 21.3. The highest BCUT2D eigenvalue weighted by Crippen LogP contribution is 2.20. The smallest absolute Gasteiger partial charge is 0.266 e. The van der Waals surface area contributed by atoms with E-state index in [4.69, 9.17) is 23.2 Å². The standard InChI is InChI=1S/C17H12Cl2F2N4O3S/c1-9-16(22-24-25(9)8-10-2-11(18)4-12(19)3-10)17(26)23-29(27,28)15-6-13(20)5-14(21)7-15/h2-7H,8H2,1H3,(H,23,26). The molecule has 3 rings (SSSR count). The third kappa shape index (κ3) is 4.89. The Balaban J connectivity index is 1.83. The number of aromatic nitrogens is 3. The molecule has 0 aliphatic heterocycles. The van der Waals surface area contributed by atoms with E-state index in [-0.39, 0.29) is 17.9 Å². The van der Waals surface area contributed by atoms with E-state index < -0.39 is 32.5 Å². The minimum atomic E-state index is -4.52. The molecule has 0 atom stereocenters. The zero-order valence-corrected chi connectivity index (χ0v) is 17.0. The summed E-state index contributed by atoms with van der Waals surface area (Å²) in [5, 5.41) is 8.35. The van der Waals surface area contributed by atoms with Gasteiger partial charge in [0.15, 0.2) is 5.69 Å². The van der Waals surface area contributed by atoms with E-state index in [1.165, 1.54) is 11.6 Å². The molecule has 1 aromatic heterocycles. The Morgan fingerprint density at radius 3 is 2.24 bits per heavy atom. The normalized spacial score (nSPS) is 11.5. The summed E-state index contributed by atoms with van der Waals surface area (Å²) in [5.74, 6) is -3.29. The average molecular weight is 461 g/mol. The van der Waals surface area contributed by atoms with E-state index >= 15 is 0 Å². The van der Waals surface area contributed by atoms with E-state index in [1.807, 2.05) is 0 Å². The molecule has 7 nitrogen and oxygen atoms in total. The van der Waals surface area contributed by atoms with Crippen LogP contribution in [0.1, 0.15) is 21.7 Å². The minimum Gasteiger partial charge on any atom is -0.266 e. The number of sulfonamides is 1. The Morgan fingerprint density at radius 1 is 1.07 bits per heavy atom. The topological polar surface area (TPSA) is 93.9 Å². The van der Waals surface area contributed by atoms with Crippen molar-refractivity contribution in [3.8, 4) is 0 Å². The van der Waals surface area contributed by atoms with Gasteiger partial charge in [0.1, 0.15) is 11.6 Å². The van der Waals surface area contributed by atoms with Crippen LogP contribution in [-0.4, -0.2) is 29.3 Å². The highest BCUT2D eigenvalue weighted by molar-refractivity contribution is 7.90. The average Bonchev–Trinajstić information content (AvgIpc) is 2.93. The lowest BCUT2D eigenvalue weighted by Crippen LogP contribution is -2.31. The molecule has 3 aromatic rings. The number of carbonyl (C=O) groups excluding carboxylic acids is 1. The SMILES string of the molecule is Cc1c(C(=O)NS(=O)(=O)c2cc(F)cc(F)c2)nnn1Cc1cc(Cl)cc(Cl)c1. The molecule has 0 aliphatic carbocycles. The van der Waals surface area contributed by atoms with Crippen LogP contribution in [0.3, 0.4) is 0 Å². The van der Waals surface area contributed by atoms with E-state index in [2.05, 4.69) is 10.3 Å². The minimum absolute atomic E-state index is 0.175. The molecule has 0 unspecified atom stereocenters. The molecule has 1 N–H and O–H groups in total. The summed E-state index contributed by atoms with van der Waals surface area (Å²) in [5.41, 5.74) is 0.683. The molecule has 0 radical (unpaired) electrons. The van der Waals surface area contributed by atoms with Crippen molar-refractivity contribution in [2.24, 2.45) is 0 Å². The van der Waals surface area contributed by atoms with Gasteiger partial charge in [0, 0.05) is 16.1 Å². The fraction of sp³-hybridized carbons (Fsp3) is 0.118. The Kier molecular flexibility index (Phi) is 5.87. The van der Waals surface area contributed by atoms with Crippen molar-refractivity contribution in [3.63, 3.8) is 0 Å². The first-order valence-electron chi connectivity index (χ1n) is 7.93. The molecule has 0 bridgehead atoms. The van der Waals surface area contributed by atoms with Gasteiger partial charge in [-0.25, -0.2) is 26.6 Å². The van der Waals surface area contributed by atoms with Crippen LogP contribution in [0.4, 0.5) is 8.78 Å². The number of amides is 1. The largest absolute Gasteiger partial charge is 0.287 e. The van der Waals surface area contributed by atoms with Crippen molar-refractivity contribution in [1.82, 2.24) is 19.7 Å². The number of nitrogens with zero attached hydrogens (tertiary/aromatic N) is 3. The van der Waals surface area contributed by atoms with E-state index in [1.54, 1.807) is 22.9 Å². The quantitative estimate of drug-likeness (QED) is 0.629. The molecule has 0 saturated carbocycles. The summed E-state index contributed by atoms with van der Waals surface area (Å²) in [6.45, 7) is 1.68. The van der Waals surface area contributed by atoms with Crippen LogP contribution < -0.4 is 4.72 Å². The van der Waals surface area contributed by atoms with Gasteiger partial charge in [-0.2, -0.15) is 0 Å². The van der Waals surface area contributed by atoms with Crippen LogP contribution in [0.5, 0.6) is 0 Å². The third-order valence-corrected chi connectivity index (χ3v) is 5.57. The molecule has 2 aromatic carbocycles. The maximum absolute atomic E-state index is 13.3. The van der Waals surface area contributed by atoms with Gasteiger partial charge in [0.2, 0.25) is 0 Å². The van der Waals surface area contributed by atoms with Gasteiger partial charge in [-0.1, -0.05) is 28.4 Å². The molecule has 0 fully saturated rings. The molecule has 0 spiro atoms. The second-order valence-electron chi connectivity index (χ2n) is 6.00. The van der Waals surface area contributed by atoms with E-state index in [0.29, 0.717) is 33.8 Å². The maximum atomic E-state index is 13.3. The number of nitrogens with one attached hydrogen (secondary N) is 1. The van der Waals surface area contributed by atoms with Gasteiger partial charge in [-0.15, -0.1) is 5.10 Å². The molecule has 152 valence electrons. The monoisotopic (exact) mass is 460 g/mol. The van der Waals surface area contributed by atoms with Gasteiger partial charge >= 0.3 is 0 Å². The van der Waals surface area contributed by atoms with Crippen LogP contribution in [0.2, 0.25) is 10.0 Å². The van der Waals surface area contributed by atoms with Gasteiger partial charge < -0.3 is 0 Å². The molecule has 0 saturated heterocycles. The molecule has 1 heterocycles. The lowest BCUT2D eigenvalue weighted by atomic mass is 10.2. The van der Waals surface area contributed by atoms with Crippen molar-refractivity contribution in [1.29, 1.82) is 0 Å². The summed E-state index contributed by atoms with van der Waals surface area (Å²) in [7, 11) is -4.52. The molecule has 1 amide bonds. The van der Waals surface area contributed by atoms with Gasteiger partial charge in [-0.3, -0.25) is 4.79 Å². The summed E-state index contributed by atoms with van der Waals surface area (Å²) >= 11 is 11.9. The summed E-state index contributed by atoms with van der Waals surface area (Å²) in [6.07, 6.45) is 0. The van der Waals surface area contributed by atoms with Crippen LogP contribution in [0.15, 0.2) is 41.3 Å². The van der Waals surface area contributed by atoms with Crippen molar-refractivity contribution < 1.29 is 22.0 Å². The Bertz CT molecular complexity index is 1170. The fourth-order valence-corrected chi connectivity index (χ4v) is 4.07. The molecule has 29 heavy (non-hydrogen) atoms. The lowest BCUT2D eigenvalue weighted by molar-refractivity contribution is 0.0976. The predicted octanol–water partition coefficient (Wildman–Crippen LogP) is 3.34. The van der Waals surface area contributed by atoms with Crippen molar-refractivity contribution >= 4 is 39.1 Å². The van der Waals surface area contributed by atoms with E-state index in [9.17, 15) is 22.0 Å². The maximum Gasteiger partial charge on any atom is 0.287 e. The highest BCUT2D eigenvalue weighted by Gasteiger charge is 2.24. The fourth-order valence-electron chi connectivity index (χ4n) is 2.51. The van der Waals surface area contributed by atoms with Gasteiger partial charge in [0.05, 0.1) is 17.1 Å². The van der Waals surface area contributed by atoms with Crippen molar-refractivity contribution in [2.75, 3.05) is 0 Å². The lowest BCUT2D eigenvalue weighted by Gasteiger charge is -2.07. The Labute approximate surface area is 174 Å². The highest BCUT2D eigenvalue weighted by atomic mass is 35.5. The van der Waals surface area contributed by atoms with Crippen LogP contribution in [0.25, 0.3) is 0 Å². The van der Waals surface area contributed by atoms with Gasteiger partial charge in [-0.05, 0) is 42.8 Å². The second-order valence-corrected chi connectivity index (χ2v) is 8.55. The van der Waals surface area contributed by atoms with Crippen molar-refractivity contribution in [2.45, 2.75) is 18.4 Å². The Morgan fingerprint density at radius 2 is 1.66 bits per heavy atom. The zero-order valence-electron chi connectivity index (χ0n) is 14.7. The first-order chi connectivity index (χ1) is 13.5. The summed E-state index contributed by atoms with van der Waals surface area (Å²) in [4.78, 5) is 11.6. The van der Waals surface area contributed by atoms with Crippen LogP contribution >= 0.6 is 23.2 Å². The first-order valence-corrected chi connectivity index (χ1v) is 10.2. The number of halogens is 4. The number of rotatable bonds is 5. The third-order valence-electron chi connectivity index (χ3n) is 3.83. The first kappa shape index (κ1) is 21.2. The van der Waals surface area contributed by atoms with Crippen LogP contribution in [-0.2, 0) is 16.6 Å². The molecule has 0 aliphatic rings. The number of benzene rings is 2. The van der Waals surface area contributed by atoms with Crippen LogP contribution in [0, 0.1) is 18.6 Å². The van der Waals surface area contributed by atoms with Gasteiger partial charge in [0.25, 0.3) is 15.9 Å². The number of carbonyl (C=O) groups is 1. The number of hydrogen-bond acceptors (Lipinski definition) is 5. The van der Waals surface area contributed by atoms with Crippen molar-refractivity contribution in [3.05, 3.63) is 75.0 Å². The molecule has 12 heteroatoms. The summed E-state index contributed by atoms with van der Waals surface area (Å²) in [6, 6.07) is 6.55. The number of hydrogen-bond donors (Lipinski definition) is 1. The Hall–Kier alpha value is -2.56.